The van der Waals surface area contributed by atoms with Crippen molar-refractivity contribution in [2.24, 2.45) is 0 Å². The molecule has 0 bridgehead atoms. The zero-order valence-corrected chi connectivity index (χ0v) is 15.1. The van der Waals surface area contributed by atoms with Gasteiger partial charge in [-0.1, -0.05) is 48.9 Å². The highest BCUT2D eigenvalue weighted by atomic mass is 35.5. The Morgan fingerprint density at radius 3 is 2.54 bits per heavy atom. The summed E-state index contributed by atoms with van der Waals surface area (Å²) in [6.45, 7) is 3.00. The number of nitrogens with zero attached hydrogens (tertiary/aromatic N) is 1. The van der Waals surface area contributed by atoms with E-state index in [1.165, 1.54) is 4.31 Å². The average molecular weight is 366 g/mol. The van der Waals surface area contributed by atoms with E-state index in [4.69, 9.17) is 16.3 Å². The van der Waals surface area contributed by atoms with E-state index in [9.17, 15) is 8.42 Å². The van der Waals surface area contributed by atoms with Crippen molar-refractivity contribution in [3.05, 3.63) is 64.7 Å². The molecule has 0 spiro atoms. The summed E-state index contributed by atoms with van der Waals surface area (Å²) >= 11 is 6.22. The third-order valence-electron chi connectivity index (χ3n) is 4.25. The second kappa shape index (κ2) is 7.23. The molecule has 1 heterocycles. The Hall–Kier alpha value is -1.40. The van der Waals surface area contributed by atoms with Crippen molar-refractivity contribution in [2.45, 2.75) is 24.3 Å². The number of benzene rings is 2. The first-order chi connectivity index (χ1) is 11.5. The SMILES string of the molecule is CCc1ccc(S(=O)(=O)N2CCOC(c3ccccc3Cl)C2)cc1. The van der Waals surface area contributed by atoms with E-state index in [0.717, 1.165) is 17.5 Å². The summed E-state index contributed by atoms with van der Waals surface area (Å²) in [7, 11) is -3.53. The monoisotopic (exact) mass is 365 g/mol. The number of morpholine rings is 1. The Morgan fingerprint density at radius 2 is 1.88 bits per heavy atom. The normalized spacial score (nSPS) is 19.3. The standard InChI is InChI=1S/C18H20ClNO3S/c1-2-14-7-9-15(10-8-14)24(21,22)20-11-12-23-18(13-20)16-5-3-4-6-17(16)19/h3-10,18H,2,11-13H2,1H3. The van der Waals surface area contributed by atoms with E-state index in [-0.39, 0.29) is 12.6 Å². The molecule has 4 nitrogen and oxygen atoms in total. The number of ether oxygens (including phenoxy) is 1. The molecular formula is C18H20ClNO3S. The molecule has 0 radical (unpaired) electrons. The molecule has 0 aromatic heterocycles. The minimum Gasteiger partial charge on any atom is -0.371 e. The van der Waals surface area contributed by atoms with Crippen LogP contribution in [0, 0.1) is 0 Å². The fourth-order valence-electron chi connectivity index (χ4n) is 2.81. The smallest absolute Gasteiger partial charge is 0.243 e. The molecular weight excluding hydrogens is 346 g/mol. The molecule has 2 aromatic rings. The first kappa shape index (κ1) is 17.4. The van der Waals surface area contributed by atoms with Crippen molar-refractivity contribution >= 4 is 21.6 Å². The third kappa shape index (κ3) is 3.49. The number of hydrogen-bond donors (Lipinski definition) is 0. The lowest BCUT2D eigenvalue weighted by Gasteiger charge is -2.32. The summed E-state index contributed by atoms with van der Waals surface area (Å²) in [5.74, 6) is 0. The Labute approximate surface area is 148 Å². The van der Waals surface area contributed by atoms with Crippen LogP contribution in [0.3, 0.4) is 0 Å². The average Bonchev–Trinajstić information content (AvgIpc) is 2.62. The fourth-order valence-corrected chi connectivity index (χ4v) is 4.50. The van der Waals surface area contributed by atoms with Crippen LogP contribution in [-0.4, -0.2) is 32.4 Å². The highest BCUT2D eigenvalue weighted by Crippen LogP contribution is 2.30. The predicted molar refractivity (Wildman–Crippen MR) is 94.7 cm³/mol. The molecule has 1 saturated heterocycles. The Bertz CT molecular complexity index is 805. The molecule has 6 heteroatoms. The lowest BCUT2D eigenvalue weighted by atomic mass is 10.1. The van der Waals surface area contributed by atoms with Crippen molar-refractivity contribution in [2.75, 3.05) is 19.7 Å². The molecule has 0 aliphatic carbocycles. The van der Waals surface area contributed by atoms with Gasteiger partial charge in [0.25, 0.3) is 0 Å². The number of halogens is 1. The van der Waals surface area contributed by atoms with Gasteiger partial charge in [0.2, 0.25) is 10.0 Å². The summed E-state index contributed by atoms with van der Waals surface area (Å²) in [5.41, 5.74) is 1.94. The van der Waals surface area contributed by atoms with E-state index in [0.29, 0.717) is 23.1 Å². The first-order valence-corrected chi connectivity index (χ1v) is 9.79. The number of hydrogen-bond acceptors (Lipinski definition) is 3. The van der Waals surface area contributed by atoms with Crippen molar-refractivity contribution in [3.63, 3.8) is 0 Å². The van der Waals surface area contributed by atoms with Gasteiger partial charge in [-0.15, -0.1) is 0 Å². The summed E-state index contributed by atoms with van der Waals surface area (Å²) in [6.07, 6.45) is 0.532. The summed E-state index contributed by atoms with van der Waals surface area (Å²) < 4.78 is 33.0. The van der Waals surface area contributed by atoms with Gasteiger partial charge in [-0.05, 0) is 30.2 Å². The van der Waals surface area contributed by atoms with Gasteiger partial charge in [-0.2, -0.15) is 4.31 Å². The quantitative estimate of drug-likeness (QED) is 0.830. The van der Waals surface area contributed by atoms with Crippen molar-refractivity contribution < 1.29 is 13.2 Å². The van der Waals surface area contributed by atoms with Gasteiger partial charge in [-0.3, -0.25) is 0 Å². The lowest BCUT2D eigenvalue weighted by molar-refractivity contribution is -0.00249. The molecule has 0 saturated carbocycles. The fraction of sp³-hybridized carbons (Fsp3) is 0.333. The molecule has 1 fully saturated rings. The third-order valence-corrected chi connectivity index (χ3v) is 6.47. The lowest BCUT2D eigenvalue weighted by Crippen LogP contribution is -2.42. The molecule has 1 unspecified atom stereocenters. The number of sulfonamides is 1. The minimum atomic E-state index is -3.53. The van der Waals surface area contributed by atoms with E-state index in [2.05, 4.69) is 0 Å². The van der Waals surface area contributed by atoms with Crippen molar-refractivity contribution in [1.82, 2.24) is 4.31 Å². The highest BCUT2D eigenvalue weighted by molar-refractivity contribution is 7.89. The van der Waals surface area contributed by atoms with Gasteiger partial charge in [-0.25, -0.2) is 8.42 Å². The summed E-state index contributed by atoms with van der Waals surface area (Å²) in [5, 5.41) is 0.592. The van der Waals surface area contributed by atoms with Gasteiger partial charge >= 0.3 is 0 Å². The van der Waals surface area contributed by atoms with E-state index < -0.39 is 10.0 Å². The molecule has 3 rings (SSSR count). The van der Waals surface area contributed by atoms with Crippen LogP contribution in [0.15, 0.2) is 53.4 Å². The number of rotatable bonds is 4. The van der Waals surface area contributed by atoms with Crippen molar-refractivity contribution in [1.29, 1.82) is 0 Å². The number of aryl methyl sites for hydroxylation is 1. The Morgan fingerprint density at radius 1 is 1.17 bits per heavy atom. The van der Waals surface area contributed by atoms with Crippen LogP contribution >= 0.6 is 11.6 Å². The zero-order chi connectivity index (χ0) is 17.2. The predicted octanol–water partition coefficient (Wildman–Crippen LogP) is 3.66. The molecule has 0 amide bonds. The summed E-state index contributed by atoms with van der Waals surface area (Å²) in [4.78, 5) is 0.319. The molecule has 1 aliphatic heterocycles. The summed E-state index contributed by atoms with van der Waals surface area (Å²) in [6, 6.07) is 14.5. The second-order valence-corrected chi connectivity index (χ2v) is 8.09. The van der Waals surface area contributed by atoms with Gasteiger partial charge in [0.05, 0.1) is 17.6 Å². The van der Waals surface area contributed by atoms with Crippen LogP contribution < -0.4 is 0 Å². The van der Waals surface area contributed by atoms with Crippen LogP contribution in [-0.2, 0) is 21.2 Å². The van der Waals surface area contributed by atoms with Gasteiger partial charge in [0.15, 0.2) is 0 Å². The zero-order valence-electron chi connectivity index (χ0n) is 13.5. The molecule has 2 aromatic carbocycles. The van der Waals surface area contributed by atoms with Crippen LogP contribution in [0.25, 0.3) is 0 Å². The maximum Gasteiger partial charge on any atom is 0.243 e. The molecule has 128 valence electrons. The van der Waals surface area contributed by atoms with E-state index >= 15 is 0 Å². The van der Waals surface area contributed by atoms with Gasteiger partial charge in [0, 0.05) is 23.7 Å². The van der Waals surface area contributed by atoms with Gasteiger partial charge in [0.1, 0.15) is 0 Å². The van der Waals surface area contributed by atoms with E-state index in [1.807, 2.05) is 37.3 Å². The maximum absolute atomic E-state index is 12.9. The van der Waals surface area contributed by atoms with Crippen LogP contribution in [0.1, 0.15) is 24.2 Å². The minimum absolute atomic E-state index is 0.265. The molecule has 0 N–H and O–H groups in total. The second-order valence-electron chi connectivity index (χ2n) is 5.74. The van der Waals surface area contributed by atoms with Gasteiger partial charge < -0.3 is 4.74 Å². The highest BCUT2D eigenvalue weighted by Gasteiger charge is 2.32. The van der Waals surface area contributed by atoms with Crippen molar-refractivity contribution in [3.8, 4) is 0 Å². The van der Waals surface area contributed by atoms with Crippen LogP contribution in [0.5, 0.6) is 0 Å². The topological polar surface area (TPSA) is 46.6 Å². The Kier molecular flexibility index (Phi) is 5.25. The Balaban J connectivity index is 1.84. The molecule has 1 atom stereocenters. The maximum atomic E-state index is 12.9. The van der Waals surface area contributed by atoms with E-state index in [1.54, 1.807) is 18.2 Å². The molecule has 24 heavy (non-hydrogen) atoms. The largest absolute Gasteiger partial charge is 0.371 e. The molecule has 1 aliphatic rings. The first-order valence-electron chi connectivity index (χ1n) is 7.97. The van der Waals surface area contributed by atoms with Crippen LogP contribution in [0.2, 0.25) is 5.02 Å². The van der Waals surface area contributed by atoms with Crippen LogP contribution in [0.4, 0.5) is 0 Å².